The van der Waals surface area contributed by atoms with E-state index in [1.807, 2.05) is 36.4 Å². The predicted octanol–water partition coefficient (Wildman–Crippen LogP) is 3.82. The van der Waals surface area contributed by atoms with Crippen molar-refractivity contribution in [3.63, 3.8) is 0 Å². The Hall–Kier alpha value is -2.60. The van der Waals surface area contributed by atoms with Gasteiger partial charge in [-0.15, -0.1) is 11.8 Å². The van der Waals surface area contributed by atoms with E-state index in [-0.39, 0.29) is 29.9 Å². The monoisotopic (exact) mass is 396 g/mol. The Labute approximate surface area is 169 Å². The van der Waals surface area contributed by atoms with Gasteiger partial charge in [0.05, 0.1) is 16.7 Å². The van der Waals surface area contributed by atoms with E-state index >= 15 is 0 Å². The molecule has 1 aliphatic rings. The summed E-state index contributed by atoms with van der Waals surface area (Å²) in [6.45, 7) is 4.13. The van der Waals surface area contributed by atoms with Crippen LogP contribution in [-0.4, -0.2) is 28.7 Å². The highest BCUT2D eigenvalue weighted by atomic mass is 32.2. The van der Waals surface area contributed by atoms with Crippen molar-refractivity contribution >= 4 is 40.9 Å². The molecule has 1 fully saturated rings. The van der Waals surface area contributed by atoms with Crippen molar-refractivity contribution in [2.45, 2.75) is 38.4 Å². The molecule has 0 spiro atoms. The molecule has 0 aromatic heterocycles. The van der Waals surface area contributed by atoms with Gasteiger partial charge in [-0.25, -0.2) is 4.90 Å². The molecule has 1 N–H and O–H groups in total. The maximum absolute atomic E-state index is 12.7. The third-order valence-corrected chi connectivity index (χ3v) is 5.97. The Kier molecular flexibility index (Phi) is 6.52. The van der Waals surface area contributed by atoms with Gasteiger partial charge in [-0.1, -0.05) is 38.1 Å². The van der Waals surface area contributed by atoms with Gasteiger partial charge in [0.25, 0.3) is 0 Å². The highest BCUT2D eigenvalue weighted by Gasteiger charge is 2.40. The lowest BCUT2D eigenvalue weighted by Crippen LogP contribution is -2.31. The van der Waals surface area contributed by atoms with Crippen LogP contribution in [-0.2, 0) is 27.2 Å². The summed E-state index contributed by atoms with van der Waals surface area (Å²) in [5.74, 6) is -0.524. The van der Waals surface area contributed by atoms with E-state index in [1.165, 1.54) is 22.2 Å². The molecule has 1 heterocycles. The average Bonchev–Trinajstić information content (AvgIpc) is 3.00. The molecule has 2 aromatic carbocycles. The Bertz CT molecular complexity index is 862. The summed E-state index contributed by atoms with van der Waals surface area (Å²) in [7, 11) is 0. The molecule has 28 heavy (non-hydrogen) atoms. The number of nitrogens with zero attached hydrogens (tertiary/aromatic N) is 1. The quantitative estimate of drug-likeness (QED) is 0.723. The lowest BCUT2D eigenvalue weighted by Gasteiger charge is -2.15. The first-order valence-corrected chi connectivity index (χ1v) is 10.5. The van der Waals surface area contributed by atoms with Gasteiger partial charge in [-0.2, -0.15) is 0 Å². The van der Waals surface area contributed by atoms with E-state index in [2.05, 4.69) is 19.2 Å². The molecule has 1 aliphatic heterocycles. The molecular formula is C22H24N2O3S. The molecule has 3 rings (SSSR count). The Morgan fingerprint density at radius 1 is 1.00 bits per heavy atom. The van der Waals surface area contributed by atoms with E-state index < -0.39 is 5.25 Å². The van der Waals surface area contributed by atoms with Gasteiger partial charge in [-0.3, -0.25) is 14.4 Å². The van der Waals surface area contributed by atoms with Crippen LogP contribution in [0.15, 0.2) is 48.5 Å². The minimum atomic E-state index is -0.522. The molecule has 3 amide bonds. The maximum Gasteiger partial charge on any atom is 0.247 e. The lowest BCUT2D eigenvalue weighted by atomic mass is 10.1. The van der Waals surface area contributed by atoms with Crippen LogP contribution in [0.3, 0.4) is 0 Å². The van der Waals surface area contributed by atoms with Crippen molar-refractivity contribution in [2.24, 2.45) is 0 Å². The first kappa shape index (κ1) is 20.1. The van der Waals surface area contributed by atoms with Gasteiger partial charge < -0.3 is 5.32 Å². The molecule has 1 unspecified atom stereocenters. The fraction of sp³-hybridized carbons (Fsp3) is 0.318. The van der Waals surface area contributed by atoms with E-state index in [0.717, 1.165) is 24.1 Å². The zero-order valence-corrected chi connectivity index (χ0v) is 16.9. The molecule has 0 saturated carbocycles. The van der Waals surface area contributed by atoms with Crippen molar-refractivity contribution in [2.75, 3.05) is 16.0 Å². The fourth-order valence-electron chi connectivity index (χ4n) is 3.08. The molecule has 1 saturated heterocycles. The van der Waals surface area contributed by atoms with Gasteiger partial charge in [0, 0.05) is 12.1 Å². The number of hydrogen-bond acceptors (Lipinski definition) is 4. The number of carbonyl (C=O) groups is 3. The third-order valence-electron chi connectivity index (χ3n) is 4.77. The molecule has 5 nitrogen and oxygen atoms in total. The number of aryl methyl sites for hydroxylation is 2. The van der Waals surface area contributed by atoms with Crippen molar-refractivity contribution in [1.82, 2.24) is 0 Å². The topological polar surface area (TPSA) is 66.5 Å². The zero-order chi connectivity index (χ0) is 20.1. The van der Waals surface area contributed by atoms with Crippen molar-refractivity contribution < 1.29 is 14.4 Å². The molecular weight excluding hydrogens is 372 g/mol. The van der Waals surface area contributed by atoms with Crippen LogP contribution in [0, 0.1) is 0 Å². The van der Waals surface area contributed by atoms with Crippen molar-refractivity contribution in [1.29, 1.82) is 0 Å². The highest BCUT2D eigenvalue weighted by molar-refractivity contribution is 8.01. The normalized spacial score (nSPS) is 16.5. The summed E-state index contributed by atoms with van der Waals surface area (Å²) in [6.07, 6.45) is 1.97. The van der Waals surface area contributed by atoms with Gasteiger partial charge in [0.2, 0.25) is 17.7 Å². The lowest BCUT2D eigenvalue weighted by molar-refractivity contribution is -0.121. The van der Waals surface area contributed by atoms with E-state index in [4.69, 9.17) is 0 Å². The first-order chi connectivity index (χ1) is 13.5. The highest BCUT2D eigenvalue weighted by Crippen LogP contribution is 2.30. The van der Waals surface area contributed by atoms with E-state index in [9.17, 15) is 14.4 Å². The standard InChI is InChI=1S/C22H24N2O3S/c1-3-15-5-9-17(10-6-15)23-20(25)14-28-19-13-21(26)24(22(19)27)18-11-7-16(4-2)8-12-18/h5-12,19H,3-4,13-14H2,1-2H3,(H,23,25). The molecule has 2 aromatic rings. The average molecular weight is 397 g/mol. The summed E-state index contributed by atoms with van der Waals surface area (Å²) < 4.78 is 0. The summed E-state index contributed by atoms with van der Waals surface area (Å²) in [4.78, 5) is 38.4. The first-order valence-electron chi connectivity index (χ1n) is 9.48. The molecule has 1 atom stereocenters. The third kappa shape index (κ3) is 4.62. The minimum Gasteiger partial charge on any atom is -0.325 e. The fourth-order valence-corrected chi connectivity index (χ4v) is 4.02. The molecule has 0 bridgehead atoms. The second-order valence-corrected chi connectivity index (χ2v) is 7.88. The second kappa shape index (κ2) is 9.06. The van der Waals surface area contributed by atoms with Gasteiger partial charge >= 0.3 is 0 Å². The predicted molar refractivity (Wildman–Crippen MR) is 114 cm³/mol. The number of amides is 3. The van der Waals surface area contributed by atoms with Crippen LogP contribution in [0.5, 0.6) is 0 Å². The minimum absolute atomic E-state index is 0.123. The van der Waals surface area contributed by atoms with Gasteiger partial charge in [-0.05, 0) is 48.2 Å². The Morgan fingerprint density at radius 2 is 1.57 bits per heavy atom. The van der Waals surface area contributed by atoms with Gasteiger partial charge in [0.15, 0.2) is 0 Å². The molecule has 0 aliphatic carbocycles. The number of rotatable bonds is 7. The number of benzene rings is 2. The smallest absolute Gasteiger partial charge is 0.247 e. The Morgan fingerprint density at radius 3 is 2.14 bits per heavy atom. The number of carbonyl (C=O) groups excluding carboxylic acids is 3. The maximum atomic E-state index is 12.7. The summed E-state index contributed by atoms with van der Waals surface area (Å²) in [6, 6.07) is 15.1. The van der Waals surface area contributed by atoms with Crippen molar-refractivity contribution in [3.8, 4) is 0 Å². The number of thioether (sulfide) groups is 1. The zero-order valence-electron chi connectivity index (χ0n) is 16.1. The SMILES string of the molecule is CCc1ccc(NC(=O)CSC2CC(=O)N(c3ccc(CC)cc3)C2=O)cc1. The van der Waals surface area contributed by atoms with Crippen LogP contribution in [0.4, 0.5) is 11.4 Å². The number of nitrogens with one attached hydrogen (secondary N) is 1. The van der Waals surface area contributed by atoms with Crippen LogP contribution < -0.4 is 10.2 Å². The largest absolute Gasteiger partial charge is 0.325 e. The summed E-state index contributed by atoms with van der Waals surface area (Å²) in [5, 5.41) is 2.31. The molecule has 146 valence electrons. The van der Waals surface area contributed by atoms with Crippen molar-refractivity contribution in [3.05, 3.63) is 59.7 Å². The number of imide groups is 1. The molecule has 6 heteroatoms. The van der Waals surface area contributed by atoms with Crippen LogP contribution in [0.2, 0.25) is 0 Å². The van der Waals surface area contributed by atoms with Crippen LogP contribution in [0.25, 0.3) is 0 Å². The Balaban J connectivity index is 1.56. The number of anilines is 2. The summed E-state index contributed by atoms with van der Waals surface area (Å²) >= 11 is 1.21. The van der Waals surface area contributed by atoms with Crippen LogP contribution >= 0.6 is 11.8 Å². The van der Waals surface area contributed by atoms with E-state index in [1.54, 1.807) is 12.1 Å². The summed E-state index contributed by atoms with van der Waals surface area (Å²) in [5.41, 5.74) is 3.68. The van der Waals surface area contributed by atoms with Gasteiger partial charge in [0.1, 0.15) is 0 Å². The van der Waals surface area contributed by atoms with E-state index in [0.29, 0.717) is 5.69 Å². The number of hydrogen-bond donors (Lipinski definition) is 1. The second-order valence-electron chi connectivity index (χ2n) is 6.69. The van der Waals surface area contributed by atoms with Crippen LogP contribution in [0.1, 0.15) is 31.4 Å². The molecule has 0 radical (unpaired) electrons.